The largest absolute Gasteiger partial charge is 0.390 e. The van der Waals surface area contributed by atoms with Gasteiger partial charge in [-0.25, -0.2) is 18.4 Å². The summed E-state index contributed by atoms with van der Waals surface area (Å²) in [6.07, 6.45) is 1.78. The van der Waals surface area contributed by atoms with Gasteiger partial charge in [0, 0.05) is 31.1 Å². The smallest absolute Gasteiger partial charge is 0.253 e. The Balaban J connectivity index is 1.62. The summed E-state index contributed by atoms with van der Waals surface area (Å²) >= 11 is 0. The summed E-state index contributed by atoms with van der Waals surface area (Å²) in [7, 11) is 0. The molecule has 1 unspecified atom stereocenters. The zero-order valence-corrected chi connectivity index (χ0v) is 15.3. The number of alkyl halides is 2. The third-order valence-electron chi connectivity index (χ3n) is 4.68. The van der Waals surface area contributed by atoms with E-state index in [-0.39, 0.29) is 37.7 Å². The molecule has 1 fully saturated rings. The number of aromatic nitrogens is 4. The molecule has 9 nitrogen and oxygen atoms in total. The first-order valence-electron chi connectivity index (χ1n) is 9.12. The van der Waals surface area contributed by atoms with Crippen molar-refractivity contribution in [2.24, 2.45) is 5.16 Å². The zero-order valence-electron chi connectivity index (χ0n) is 15.3. The van der Waals surface area contributed by atoms with E-state index in [9.17, 15) is 13.9 Å². The molecule has 3 heterocycles. The predicted molar refractivity (Wildman–Crippen MR) is 96.1 cm³/mol. The van der Waals surface area contributed by atoms with Crippen molar-refractivity contribution in [1.82, 2.24) is 25.1 Å². The fourth-order valence-corrected chi connectivity index (χ4v) is 3.18. The minimum Gasteiger partial charge on any atom is -0.390 e. The second-order valence-electron chi connectivity index (χ2n) is 6.95. The van der Waals surface area contributed by atoms with Crippen LogP contribution in [-0.4, -0.2) is 48.9 Å². The number of rotatable bonds is 5. The normalized spacial score (nSPS) is 21.7. The van der Waals surface area contributed by atoms with Gasteiger partial charge in [-0.05, 0) is 25.8 Å². The van der Waals surface area contributed by atoms with Gasteiger partial charge >= 0.3 is 0 Å². The Morgan fingerprint density at radius 2 is 2.14 bits per heavy atom. The first-order valence-corrected chi connectivity index (χ1v) is 9.12. The maximum absolute atomic E-state index is 13.4. The Labute approximate surface area is 159 Å². The molecule has 2 aromatic heterocycles. The van der Waals surface area contributed by atoms with E-state index in [2.05, 4.69) is 30.9 Å². The topological polar surface area (TPSA) is 109 Å². The fourth-order valence-electron chi connectivity index (χ4n) is 3.18. The van der Waals surface area contributed by atoms with E-state index in [1.54, 1.807) is 25.3 Å². The average molecular weight is 393 g/mol. The van der Waals surface area contributed by atoms with Gasteiger partial charge in [0.2, 0.25) is 5.92 Å². The molecule has 150 valence electrons. The summed E-state index contributed by atoms with van der Waals surface area (Å²) < 4.78 is 28.3. The lowest BCUT2D eigenvalue weighted by Gasteiger charge is -2.29. The number of nitrogens with one attached hydrogen (secondary N) is 2. The van der Waals surface area contributed by atoms with Crippen molar-refractivity contribution in [2.75, 3.05) is 5.32 Å². The van der Waals surface area contributed by atoms with Crippen LogP contribution in [0.25, 0.3) is 5.95 Å². The quantitative estimate of drug-likeness (QED) is 0.710. The predicted octanol–water partition coefficient (Wildman–Crippen LogP) is 1.77. The molecule has 28 heavy (non-hydrogen) atoms. The molecule has 0 saturated heterocycles. The van der Waals surface area contributed by atoms with Gasteiger partial charge in [0.05, 0.1) is 12.3 Å². The Morgan fingerprint density at radius 1 is 1.36 bits per heavy atom. The average Bonchev–Trinajstić information content (AvgIpc) is 3.32. The maximum Gasteiger partial charge on any atom is 0.253 e. The first kappa shape index (κ1) is 18.5. The van der Waals surface area contributed by atoms with Crippen molar-refractivity contribution in [3.8, 4) is 5.95 Å². The third kappa shape index (κ3) is 4.03. The van der Waals surface area contributed by atoms with E-state index in [0.29, 0.717) is 35.9 Å². The number of oxime groups is 1. The van der Waals surface area contributed by atoms with Gasteiger partial charge in [-0.2, -0.15) is 10.1 Å². The lowest BCUT2D eigenvalue weighted by molar-refractivity contribution is -0.0361. The highest BCUT2D eigenvalue weighted by Crippen LogP contribution is 2.34. The van der Waals surface area contributed by atoms with Crippen LogP contribution >= 0.6 is 0 Å². The molecule has 1 saturated carbocycles. The van der Waals surface area contributed by atoms with Crippen molar-refractivity contribution >= 4 is 11.7 Å². The monoisotopic (exact) mass is 393 g/mol. The van der Waals surface area contributed by atoms with Gasteiger partial charge in [-0.3, -0.25) is 0 Å². The highest BCUT2D eigenvalue weighted by molar-refractivity contribution is 5.98. The summed E-state index contributed by atoms with van der Waals surface area (Å²) in [6, 6.07) is 3.25. The van der Waals surface area contributed by atoms with Crippen LogP contribution in [0.1, 0.15) is 44.0 Å². The number of hydrogen-bond acceptors (Lipinski definition) is 8. The van der Waals surface area contributed by atoms with Gasteiger partial charge in [0.15, 0.2) is 12.1 Å². The Hall–Kier alpha value is -2.82. The molecule has 3 N–H and O–H groups in total. The minimum absolute atomic E-state index is 0.102. The van der Waals surface area contributed by atoms with Crippen molar-refractivity contribution in [1.29, 1.82) is 0 Å². The van der Waals surface area contributed by atoms with Crippen molar-refractivity contribution in [3.63, 3.8) is 0 Å². The molecular weight excluding hydrogens is 372 g/mol. The van der Waals surface area contributed by atoms with E-state index in [1.807, 2.05) is 0 Å². The molecule has 0 spiro atoms. The molecule has 4 rings (SSSR count). The van der Waals surface area contributed by atoms with E-state index >= 15 is 0 Å². The highest BCUT2D eigenvalue weighted by Gasteiger charge is 2.35. The van der Waals surface area contributed by atoms with Gasteiger partial charge in [-0.15, -0.1) is 0 Å². The Morgan fingerprint density at radius 3 is 2.79 bits per heavy atom. The molecule has 0 amide bonds. The second kappa shape index (κ2) is 7.30. The van der Waals surface area contributed by atoms with E-state index in [1.165, 1.54) is 4.68 Å². The van der Waals surface area contributed by atoms with Crippen LogP contribution in [0.2, 0.25) is 0 Å². The van der Waals surface area contributed by atoms with Crippen molar-refractivity contribution in [2.45, 2.75) is 57.4 Å². The standard InChI is InChI=1S/C17H21F2N7O2/c1-10-20-15(25-28-10)13-8-14(21-11-2-5-17(18,19)6-3-11)23-16(22-13)26-7-4-12(9-27)24-26/h4,7-8,10-11,27H,2-3,5-6,9H2,1H3,(H,20,25)(H,21,22,23). The van der Waals surface area contributed by atoms with Crippen LogP contribution in [0.5, 0.6) is 0 Å². The molecular formula is C17H21F2N7O2. The van der Waals surface area contributed by atoms with Gasteiger partial charge in [0.25, 0.3) is 5.95 Å². The molecule has 0 bridgehead atoms. The lowest BCUT2D eigenvalue weighted by atomic mass is 9.92. The molecule has 0 aromatic carbocycles. The number of hydrogen-bond donors (Lipinski definition) is 3. The zero-order chi connectivity index (χ0) is 19.7. The van der Waals surface area contributed by atoms with Gasteiger partial charge < -0.3 is 20.6 Å². The highest BCUT2D eigenvalue weighted by atomic mass is 19.3. The second-order valence-corrected chi connectivity index (χ2v) is 6.95. The van der Waals surface area contributed by atoms with Gasteiger partial charge in [-0.1, -0.05) is 5.16 Å². The number of aliphatic hydroxyl groups is 1. The lowest BCUT2D eigenvalue weighted by Crippen LogP contribution is -2.33. The van der Waals surface area contributed by atoms with Crippen LogP contribution in [0, 0.1) is 0 Å². The number of halogens is 2. The van der Waals surface area contributed by atoms with Crippen LogP contribution in [0.15, 0.2) is 23.5 Å². The molecule has 1 aliphatic carbocycles. The summed E-state index contributed by atoms with van der Waals surface area (Å²) in [4.78, 5) is 14.1. The number of aliphatic hydroxyl groups excluding tert-OH is 1. The summed E-state index contributed by atoms with van der Waals surface area (Å²) in [6.45, 7) is 1.61. The van der Waals surface area contributed by atoms with Crippen molar-refractivity contribution in [3.05, 3.63) is 29.7 Å². The van der Waals surface area contributed by atoms with Crippen LogP contribution in [-0.2, 0) is 11.4 Å². The Bertz CT molecular complexity index is 876. The summed E-state index contributed by atoms with van der Waals surface area (Å²) in [5.41, 5.74) is 0.963. The van der Waals surface area contributed by atoms with Gasteiger partial charge in [0.1, 0.15) is 11.5 Å². The van der Waals surface area contributed by atoms with Crippen LogP contribution in [0.3, 0.4) is 0 Å². The molecule has 2 aliphatic rings. The summed E-state index contributed by atoms with van der Waals surface area (Å²) in [5, 5.41) is 23.7. The third-order valence-corrected chi connectivity index (χ3v) is 4.68. The van der Waals surface area contributed by atoms with E-state index in [0.717, 1.165) is 0 Å². The fraction of sp³-hybridized carbons (Fsp3) is 0.529. The molecule has 1 aliphatic heterocycles. The number of nitrogens with zero attached hydrogens (tertiary/aromatic N) is 5. The van der Waals surface area contributed by atoms with Crippen LogP contribution in [0.4, 0.5) is 14.6 Å². The van der Waals surface area contributed by atoms with E-state index < -0.39 is 5.92 Å². The molecule has 1 atom stereocenters. The summed E-state index contributed by atoms with van der Waals surface area (Å²) in [5.74, 6) is -1.39. The first-order chi connectivity index (χ1) is 13.4. The number of anilines is 1. The van der Waals surface area contributed by atoms with Crippen molar-refractivity contribution < 1.29 is 18.7 Å². The number of amidine groups is 1. The maximum atomic E-state index is 13.4. The molecule has 11 heteroatoms. The molecule has 2 aromatic rings. The SMILES string of the molecule is CC1NC(c2cc(NC3CCC(F)(F)CC3)nc(-n3ccc(CO)n3)n2)=NO1. The minimum atomic E-state index is -2.59. The Kier molecular flexibility index (Phi) is 4.84. The van der Waals surface area contributed by atoms with Crippen LogP contribution < -0.4 is 10.6 Å². The van der Waals surface area contributed by atoms with E-state index in [4.69, 9.17) is 4.84 Å². The molecule has 0 radical (unpaired) electrons.